The van der Waals surface area contributed by atoms with Crippen molar-refractivity contribution in [2.45, 2.75) is 20.0 Å². The highest BCUT2D eigenvalue weighted by atomic mass is 32.1. The van der Waals surface area contributed by atoms with Crippen LogP contribution in [0.5, 0.6) is 0 Å². The first-order valence-electron chi connectivity index (χ1n) is 3.18. The summed E-state index contributed by atoms with van der Waals surface area (Å²) in [5, 5.41) is 0. The number of aromatic nitrogens is 1. The van der Waals surface area contributed by atoms with Gasteiger partial charge in [0.05, 0.1) is 22.2 Å². The Bertz CT molecular complexity index is 214. The lowest BCUT2D eigenvalue weighted by atomic mass is 10.3. The number of aryl methyl sites for hydroxylation is 1. The van der Waals surface area contributed by atoms with E-state index < -0.39 is 0 Å². The minimum atomic E-state index is 0. The van der Waals surface area contributed by atoms with Gasteiger partial charge in [0.25, 0.3) is 0 Å². The predicted molar refractivity (Wildman–Crippen MR) is 48.0 cm³/mol. The third kappa shape index (κ3) is 2.31. The average molecular weight is 168 g/mol. The Morgan fingerprint density at radius 2 is 2.27 bits per heavy atom. The molecule has 0 amide bonds. The molecule has 1 aromatic heterocycles. The van der Waals surface area contributed by atoms with Crippen molar-refractivity contribution >= 4 is 19.7 Å². The molecule has 3 radical (unpaired) electrons. The minimum Gasteiger partial charge on any atom is -0.376 e. The molecule has 1 atom stereocenters. The van der Waals surface area contributed by atoms with Gasteiger partial charge in [0, 0.05) is 15.5 Å². The van der Waals surface area contributed by atoms with Crippen LogP contribution in [0, 0.1) is 6.92 Å². The van der Waals surface area contributed by atoms with Crippen molar-refractivity contribution < 1.29 is 4.74 Å². The molecule has 59 valence electrons. The first kappa shape index (κ1) is 10.7. The van der Waals surface area contributed by atoms with Crippen molar-refractivity contribution in [3.63, 3.8) is 0 Å². The van der Waals surface area contributed by atoms with Crippen molar-refractivity contribution in [3.8, 4) is 0 Å². The number of nitrogens with zero attached hydrogens (tertiary/aromatic N) is 1. The Morgan fingerprint density at radius 1 is 1.64 bits per heavy atom. The van der Waals surface area contributed by atoms with E-state index in [1.54, 1.807) is 18.4 Å². The number of thiazole rings is 1. The van der Waals surface area contributed by atoms with E-state index >= 15 is 0 Å². The van der Waals surface area contributed by atoms with Gasteiger partial charge in [-0.05, 0) is 13.8 Å². The summed E-state index contributed by atoms with van der Waals surface area (Å²) in [4.78, 5) is 5.35. The molecule has 1 heterocycles. The van der Waals surface area contributed by atoms with Gasteiger partial charge in [-0.1, -0.05) is 0 Å². The normalized spacial score (nSPS) is 12.3. The Morgan fingerprint density at radius 3 is 2.64 bits per heavy atom. The van der Waals surface area contributed by atoms with E-state index in [-0.39, 0.29) is 14.5 Å². The highest BCUT2D eigenvalue weighted by Crippen LogP contribution is 2.22. The highest BCUT2D eigenvalue weighted by molar-refractivity contribution is 7.09. The molecule has 0 aliphatic heterocycles. The summed E-state index contributed by atoms with van der Waals surface area (Å²) in [5.41, 5.74) is 2.93. The van der Waals surface area contributed by atoms with E-state index in [1.165, 1.54) is 4.88 Å². The van der Waals surface area contributed by atoms with Crippen molar-refractivity contribution in [1.29, 1.82) is 0 Å². The number of rotatable bonds is 2. The topological polar surface area (TPSA) is 22.1 Å². The van der Waals surface area contributed by atoms with E-state index in [1.807, 2.05) is 19.4 Å². The first-order valence-corrected chi connectivity index (χ1v) is 4.06. The summed E-state index contributed by atoms with van der Waals surface area (Å²) < 4.78 is 5.15. The van der Waals surface area contributed by atoms with Crippen LogP contribution in [0.1, 0.15) is 23.6 Å². The lowest BCUT2D eigenvalue weighted by molar-refractivity contribution is 0.122. The summed E-state index contributed by atoms with van der Waals surface area (Å²) in [6.07, 6.45) is 0.187. The van der Waals surface area contributed by atoms with Gasteiger partial charge in [0.15, 0.2) is 0 Å². The molecule has 0 N–H and O–H groups in total. The zero-order valence-corrected chi connectivity index (χ0v) is 7.81. The zero-order valence-electron chi connectivity index (χ0n) is 7.00. The van der Waals surface area contributed by atoms with Crippen molar-refractivity contribution in [3.05, 3.63) is 16.1 Å². The number of hydrogen-bond acceptors (Lipinski definition) is 3. The van der Waals surface area contributed by atoms with E-state index in [0.29, 0.717) is 0 Å². The average Bonchev–Trinajstić information content (AvgIpc) is 2.34. The first-order chi connectivity index (χ1) is 4.75. The predicted octanol–water partition coefficient (Wildman–Crippen LogP) is 1.78. The third-order valence-corrected chi connectivity index (χ3v) is 2.60. The van der Waals surface area contributed by atoms with Crippen LogP contribution in [-0.2, 0) is 4.74 Å². The van der Waals surface area contributed by atoms with E-state index in [4.69, 9.17) is 4.74 Å². The second-order valence-corrected chi connectivity index (χ2v) is 3.07. The van der Waals surface area contributed by atoms with Crippen LogP contribution in [0.25, 0.3) is 0 Å². The van der Waals surface area contributed by atoms with Gasteiger partial charge < -0.3 is 4.74 Å². The van der Waals surface area contributed by atoms with Gasteiger partial charge in [-0.2, -0.15) is 0 Å². The van der Waals surface area contributed by atoms with Crippen molar-refractivity contribution in [1.82, 2.24) is 4.98 Å². The summed E-state index contributed by atoms with van der Waals surface area (Å²) in [6, 6.07) is 0. The minimum absolute atomic E-state index is 0. The van der Waals surface area contributed by atoms with Crippen LogP contribution < -0.4 is 0 Å². The molecule has 4 heteroatoms. The standard InChI is InChI=1S/C7H11NOS.B/c1-5-7(6(2)9-3)10-4-8-5;/h4,6H,1-3H3;. The maximum atomic E-state index is 5.15. The summed E-state index contributed by atoms with van der Waals surface area (Å²) in [6.45, 7) is 4.03. The lowest BCUT2D eigenvalue weighted by Crippen LogP contribution is -1.94. The lowest BCUT2D eigenvalue weighted by Gasteiger charge is -2.05. The molecule has 0 fully saturated rings. The summed E-state index contributed by atoms with van der Waals surface area (Å²) in [5.74, 6) is 0. The second-order valence-electron chi connectivity index (χ2n) is 2.18. The van der Waals surface area contributed by atoms with E-state index in [2.05, 4.69) is 4.98 Å². The Kier molecular flexibility index (Phi) is 4.37. The number of ether oxygens (including phenoxy) is 1. The Balaban J connectivity index is 0.000001000. The van der Waals surface area contributed by atoms with E-state index in [0.717, 1.165) is 5.69 Å². The summed E-state index contributed by atoms with van der Waals surface area (Å²) >= 11 is 1.65. The molecule has 1 rings (SSSR count). The van der Waals surface area contributed by atoms with Gasteiger partial charge in [0.2, 0.25) is 0 Å². The van der Waals surface area contributed by atoms with Crippen molar-refractivity contribution in [2.75, 3.05) is 7.11 Å². The monoisotopic (exact) mass is 168 g/mol. The fraction of sp³-hybridized carbons (Fsp3) is 0.571. The van der Waals surface area contributed by atoms with Gasteiger partial charge >= 0.3 is 0 Å². The van der Waals surface area contributed by atoms with Gasteiger partial charge in [-0.25, -0.2) is 4.98 Å². The molecule has 2 nitrogen and oxygen atoms in total. The van der Waals surface area contributed by atoms with Crippen LogP contribution in [0.4, 0.5) is 0 Å². The van der Waals surface area contributed by atoms with Gasteiger partial charge in [0.1, 0.15) is 0 Å². The summed E-state index contributed by atoms with van der Waals surface area (Å²) in [7, 11) is 1.71. The number of methoxy groups -OCH3 is 1. The third-order valence-electron chi connectivity index (χ3n) is 1.51. The van der Waals surface area contributed by atoms with Crippen molar-refractivity contribution in [2.24, 2.45) is 0 Å². The quantitative estimate of drug-likeness (QED) is 0.628. The fourth-order valence-corrected chi connectivity index (χ4v) is 1.64. The number of hydrogen-bond donors (Lipinski definition) is 0. The molecule has 0 spiro atoms. The maximum absolute atomic E-state index is 5.15. The van der Waals surface area contributed by atoms with Gasteiger partial charge in [-0.3, -0.25) is 0 Å². The van der Waals surface area contributed by atoms with Crippen LogP contribution in [-0.4, -0.2) is 20.5 Å². The Labute approximate surface area is 73.2 Å². The molecule has 1 aromatic rings. The Hall–Kier alpha value is -0.345. The fourth-order valence-electron chi connectivity index (χ4n) is 0.808. The second kappa shape index (κ2) is 4.52. The molecule has 0 saturated carbocycles. The SMILES string of the molecule is COC(C)c1scnc1C.[B]. The van der Waals surface area contributed by atoms with Gasteiger partial charge in [-0.15, -0.1) is 11.3 Å². The van der Waals surface area contributed by atoms with Crippen LogP contribution >= 0.6 is 11.3 Å². The van der Waals surface area contributed by atoms with E-state index in [9.17, 15) is 0 Å². The smallest absolute Gasteiger partial charge is 0.0903 e. The highest BCUT2D eigenvalue weighted by Gasteiger charge is 2.08. The molecule has 0 aromatic carbocycles. The molecule has 11 heavy (non-hydrogen) atoms. The molecule has 1 unspecified atom stereocenters. The van der Waals surface area contributed by atoms with Crippen LogP contribution in [0.2, 0.25) is 0 Å². The molecule has 0 saturated heterocycles. The maximum Gasteiger partial charge on any atom is 0.0903 e. The largest absolute Gasteiger partial charge is 0.376 e. The molecule has 0 bridgehead atoms. The molecular weight excluding hydrogens is 157 g/mol. The van der Waals surface area contributed by atoms with Crippen LogP contribution in [0.3, 0.4) is 0 Å². The zero-order chi connectivity index (χ0) is 7.56. The molecule has 0 aliphatic carbocycles. The van der Waals surface area contributed by atoms with Crippen LogP contribution in [0.15, 0.2) is 5.51 Å². The molecule has 0 aliphatic rings. The molecular formula is C7H11BNOS.